The summed E-state index contributed by atoms with van der Waals surface area (Å²) in [5.74, 6) is 6.51. The first kappa shape index (κ1) is 17.1. The van der Waals surface area contributed by atoms with Crippen LogP contribution in [0.25, 0.3) is 0 Å². The first-order valence-electron chi connectivity index (χ1n) is 8.63. The third-order valence-electron chi connectivity index (χ3n) is 3.91. The van der Waals surface area contributed by atoms with Crippen molar-refractivity contribution >= 4 is 0 Å². The number of aryl methyl sites for hydroxylation is 2. The quantitative estimate of drug-likeness (QED) is 0.458. The molecule has 118 valence electrons. The molecule has 0 aliphatic heterocycles. The van der Waals surface area contributed by atoms with Crippen LogP contribution in [0.5, 0.6) is 0 Å². The largest absolute Gasteiger partial charge is 0.0917 e. The number of hydrogen-bond donors (Lipinski definition) is 0. The van der Waals surface area contributed by atoms with Crippen LogP contribution in [0, 0.1) is 11.8 Å². The van der Waals surface area contributed by atoms with Gasteiger partial charge >= 0.3 is 0 Å². The summed E-state index contributed by atoms with van der Waals surface area (Å²) in [6.45, 7) is 4.29. The van der Waals surface area contributed by atoms with E-state index in [9.17, 15) is 0 Å². The van der Waals surface area contributed by atoms with Crippen LogP contribution in [-0.2, 0) is 12.8 Å². The standard InChI is InChI=1S/C23H26/c1-3-5-7-9-21-12-16-23(17-13-21)19-18-22-14-10-20(11-15-22)8-6-4-2/h3,5,10-17H,4,6-9H2,1-2H3. The normalized spacial score (nSPS) is 10.5. The zero-order valence-corrected chi connectivity index (χ0v) is 14.3. The Morgan fingerprint density at radius 3 is 1.78 bits per heavy atom. The van der Waals surface area contributed by atoms with Gasteiger partial charge in [0.15, 0.2) is 0 Å². The lowest BCUT2D eigenvalue weighted by atomic mass is 10.1. The first-order chi connectivity index (χ1) is 11.3. The Morgan fingerprint density at radius 2 is 1.30 bits per heavy atom. The maximum Gasteiger partial charge on any atom is 0.0249 e. The van der Waals surface area contributed by atoms with Crippen LogP contribution in [0.15, 0.2) is 60.7 Å². The molecule has 0 aromatic heterocycles. The Kier molecular flexibility index (Phi) is 7.21. The molecule has 0 heteroatoms. The van der Waals surface area contributed by atoms with E-state index >= 15 is 0 Å². The van der Waals surface area contributed by atoms with Crippen LogP contribution < -0.4 is 0 Å². The number of benzene rings is 2. The number of hydrogen-bond acceptors (Lipinski definition) is 0. The fourth-order valence-corrected chi connectivity index (χ4v) is 2.45. The molecule has 0 atom stereocenters. The van der Waals surface area contributed by atoms with E-state index in [0.717, 1.165) is 24.0 Å². The van der Waals surface area contributed by atoms with Crippen LogP contribution in [0.4, 0.5) is 0 Å². The molecule has 0 spiro atoms. The Labute approximate surface area is 141 Å². The van der Waals surface area contributed by atoms with Crippen LogP contribution in [0.3, 0.4) is 0 Å². The number of allylic oxidation sites excluding steroid dienone is 2. The minimum atomic E-state index is 1.08. The molecular weight excluding hydrogens is 276 g/mol. The van der Waals surface area contributed by atoms with E-state index in [1.54, 1.807) is 0 Å². The zero-order valence-electron chi connectivity index (χ0n) is 14.3. The Hall–Kier alpha value is -2.26. The van der Waals surface area contributed by atoms with Gasteiger partial charge in [-0.2, -0.15) is 0 Å². The molecule has 0 saturated heterocycles. The summed E-state index contributed by atoms with van der Waals surface area (Å²) in [6, 6.07) is 17.3. The van der Waals surface area contributed by atoms with Gasteiger partial charge in [0, 0.05) is 11.1 Å². The topological polar surface area (TPSA) is 0 Å². The van der Waals surface area contributed by atoms with Gasteiger partial charge in [0.2, 0.25) is 0 Å². The van der Waals surface area contributed by atoms with Gasteiger partial charge in [-0.1, -0.05) is 61.6 Å². The van der Waals surface area contributed by atoms with Crippen LogP contribution in [-0.4, -0.2) is 0 Å². The lowest BCUT2D eigenvalue weighted by Crippen LogP contribution is -1.85. The SMILES string of the molecule is CC=CCCc1ccc(C#Cc2ccc(CCCC)cc2)cc1. The molecule has 0 nitrogen and oxygen atoms in total. The molecule has 2 rings (SSSR count). The molecule has 0 saturated carbocycles. The molecule has 0 N–H and O–H groups in total. The lowest BCUT2D eigenvalue weighted by Gasteiger charge is -2.00. The van der Waals surface area contributed by atoms with E-state index in [1.807, 2.05) is 0 Å². The van der Waals surface area contributed by atoms with Crippen molar-refractivity contribution in [1.29, 1.82) is 0 Å². The zero-order chi connectivity index (χ0) is 16.3. The predicted molar refractivity (Wildman–Crippen MR) is 101 cm³/mol. The molecule has 0 heterocycles. The van der Waals surface area contributed by atoms with Gasteiger partial charge in [0.05, 0.1) is 0 Å². The van der Waals surface area contributed by atoms with Crippen molar-refractivity contribution in [3.8, 4) is 11.8 Å². The molecule has 0 fully saturated rings. The van der Waals surface area contributed by atoms with Crippen molar-refractivity contribution in [3.63, 3.8) is 0 Å². The van der Waals surface area contributed by atoms with E-state index in [4.69, 9.17) is 0 Å². The minimum absolute atomic E-state index is 1.08. The highest BCUT2D eigenvalue weighted by atomic mass is 14.0. The third kappa shape index (κ3) is 6.17. The van der Waals surface area contributed by atoms with Gasteiger partial charge in [-0.3, -0.25) is 0 Å². The predicted octanol–water partition coefficient (Wildman–Crippen LogP) is 5.94. The van der Waals surface area contributed by atoms with E-state index in [-0.39, 0.29) is 0 Å². The van der Waals surface area contributed by atoms with Crippen molar-refractivity contribution in [2.24, 2.45) is 0 Å². The summed E-state index contributed by atoms with van der Waals surface area (Å²) in [6.07, 6.45) is 10.2. The molecule has 0 amide bonds. The van der Waals surface area contributed by atoms with Crippen molar-refractivity contribution in [2.75, 3.05) is 0 Å². The van der Waals surface area contributed by atoms with Crippen molar-refractivity contribution in [1.82, 2.24) is 0 Å². The summed E-state index contributed by atoms with van der Waals surface area (Å²) in [5.41, 5.74) is 4.94. The Morgan fingerprint density at radius 1 is 0.783 bits per heavy atom. The average Bonchev–Trinajstić information content (AvgIpc) is 2.60. The highest BCUT2D eigenvalue weighted by molar-refractivity contribution is 5.44. The van der Waals surface area contributed by atoms with Gasteiger partial charge in [-0.25, -0.2) is 0 Å². The molecule has 0 aliphatic carbocycles. The van der Waals surface area contributed by atoms with Crippen LogP contribution >= 0.6 is 0 Å². The molecule has 0 radical (unpaired) electrons. The lowest BCUT2D eigenvalue weighted by molar-refractivity contribution is 0.795. The molecule has 0 aliphatic rings. The van der Waals surface area contributed by atoms with Crippen molar-refractivity contribution in [3.05, 3.63) is 82.9 Å². The summed E-state index contributed by atoms with van der Waals surface area (Å²) < 4.78 is 0. The average molecular weight is 302 g/mol. The van der Waals surface area contributed by atoms with E-state index < -0.39 is 0 Å². The van der Waals surface area contributed by atoms with E-state index in [0.29, 0.717) is 0 Å². The Balaban J connectivity index is 1.95. The molecule has 0 bridgehead atoms. The smallest absolute Gasteiger partial charge is 0.0249 e. The number of unbranched alkanes of at least 4 members (excludes halogenated alkanes) is 1. The molecule has 0 unspecified atom stereocenters. The summed E-state index contributed by atoms with van der Waals surface area (Å²) in [5, 5.41) is 0. The Bertz CT molecular complexity index is 661. The maximum atomic E-state index is 3.25. The van der Waals surface area contributed by atoms with Crippen LogP contribution in [0.1, 0.15) is 55.4 Å². The molecule has 2 aromatic carbocycles. The molecule has 23 heavy (non-hydrogen) atoms. The minimum Gasteiger partial charge on any atom is -0.0917 e. The number of rotatable bonds is 6. The van der Waals surface area contributed by atoms with Crippen molar-refractivity contribution in [2.45, 2.75) is 46.0 Å². The maximum absolute atomic E-state index is 3.25. The second kappa shape index (κ2) is 9.70. The van der Waals surface area contributed by atoms with Crippen LogP contribution in [0.2, 0.25) is 0 Å². The van der Waals surface area contributed by atoms with Gasteiger partial charge in [0.25, 0.3) is 0 Å². The van der Waals surface area contributed by atoms with Gasteiger partial charge in [-0.15, -0.1) is 0 Å². The van der Waals surface area contributed by atoms with Gasteiger partial charge in [-0.05, 0) is 68.0 Å². The second-order valence-corrected chi connectivity index (χ2v) is 5.86. The van der Waals surface area contributed by atoms with E-state index in [2.05, 4.69) is 86.4 Å². The fourth-order valence-electron chi connectivity index (χ4n) is 2.45. The van der Waals surface area contributed by atoms with Gasteiger partial charge in [0.1, 0.15) is 0 Å². The third-order valence-corrected chi connectivity index (χ3v) is 3.91. The first-order valence-corrected chi connectivity index (χ1v) is 8.63. The van der Waals surface area contributed by atoms with Gasteiger partial charge < -0.3 is 0 Å². The second-order valence-electron chi connectivity index (χ2n) is 5.86. The summed E-state index contributed by atoms with van der Waals surface area (Å²) in [7, 11) is 0. The monoisotopic (exact) mass is 302 g/mol. The highest BCUT2D eigenvalue weighted by Gasteiger charge is 1.94. The highest BCUT2D eigenvalue weighted by Crippen LogP contribution is 2.09. The molecular formula is C23H26. The summed E-state index contributed by atoms with van der Waals surface area (Å²) in [4.78, 5) is 0. The summed E-state index contributed by atoms with van der Waals surface area (Å²) >= 11 is 0. The van der Waals surface area contributed by atoms with E-state index in [1.165, 1.54) is 30.4 Å². The molecule has 2 aromatic rings. The fraction of sp³-hybridized carbons (Fsp3) is 0.304. The van der Waals surface area contributed by atoms with Crippen molar-refractivity contribution < 1.29 is 0 Å².